The zero-order valence-electron chi connectivity index (χ0n) is 12.2. The molecule has 0 amide bonds. The first-order valence-corrected chi connectivity index (χ1v) is 7.14. The number of rotatable bonds is 3. The lowest BCUT2D eigenvalue weighted by Crippen LogP contribution is -2.61. The van der Waals surface area contributed by atoms with Crippen LogP contribution in [0.5, 0.6) is 0 Å². The van der Waals surface area contributed by atoms with Gasteiger partial charge in [-0.3, -0.25) is 4.90 Å². The van der Waals surface area contributed by atoms with Crippen molar-refractivity contribution >= 4 is 0 Å². The number of nitrogens with zero attached hydrogens (tertiary/aromatic N) is 1. The highest BCUT2D eigenvalue weighted by atomic mass is 15.2. The van der Waals surface area contributed by atoms with Crippen LogP contribution in [0, 0.1) is 11.8 Å². The van der Waals surface area contributed by atoms with Gasteiger partial charge in [-0.1, -0.05) is 43.2 Å². The highest BCUT2D eigenvalue weighted by molar-refractivity contribution is 5.25. The van der Waals surface area contributed by atoms with Crippen LogP contribution in [0.15, 0.2) is 30.3 Å². The third-order valence-corrected chi connectivity index (χ3v) is 4.10. The highest BCUT2D eigenvalue weighted by Gasteiger charge is 2.35. The Hall–Kier alpha value is -1.30. The number of piperazine rings is 1. The second-order valence-electron chi connectivity index (χ2n) is 5.47. The second kappa shape index (κ2) is 6.23. The Morgan fingerprint density at radius 2 is 2.11 bits per heavy atom. The second-order valence-corrected chi connectivity index (χ2v) is 5.47. The Kier molecular flexibility index (Phi) is 4.63. The minimum absolute atomic E-state index is 0.0301. The van der Waals surface area contributed by atoms with E-state index in [4.69, 9.17) is 0 Å². The van der Waals surface area contributed by atoms with Crippen LogP contribution in [0.1, 0.15) is 32.8 Å². The van der Waals surface area contributed by atoms with Crippen molar-refractivity contribution in [3.8, 4) is 11.8 Å². The minimum Gasteiger partial charge on any atom is -0.305 e. The lowest BCUT2D eigenvalue weighted by Gasteiger charge is -2.45. The minimum atomic E-state index is 0.0301. The first kappa shape index (κ1) is 14.1. The maximum absolute atomic E-state index is 3.73. The fraction of sp³-hybridized carbons (Fsp3) is 0.529. The van der Waals surface area contributed by atoms with Gasteiger partial charge in [-0.15, -0.1) is 5.92 Å². The average molecular weight is 256 g/mol. The van der Waals surface area contributed by atoms with E-state index in [0.717, 1.165) is 19.6 Å². The normalized spacial score (nSPS) is 27.6. The lowest BCUT2D eigenvalue weighted by molar-refractivity contribution is 0.0966. The number of nitrogens with one attached hydrogen (secondary N) is 1. The van der Waals surface area contributed by atoms with E-state index in [2.05, 4.69) is 66.2 Å². The smallest absolute Gasteiger partial charge is 0.0605 e. The van der Waals surface area contributed by atoms with Gasteiger partial charge in [0, 0.05) is 19.1 Å². The number of hydrogen-bond acceptors (Lipinski definition) is 2. The van der Waals surface area contributed by atoms with Gasteiger partial charge >= 0.3 is 0 Å². The molecule has 2 heteroatoms. The van der Waals surface area contributed by atoms with Gasteiger partial charge in [0.1, 0.15) is 0 Å². The summed E-state index contributed by atoms with van der Waals surface area (Å²) >= 11 is 0. The standard InChI is InChI=1S/C17H24N2/c1-4-6-12-19-14-17(3,18-13-16(19)5-2)15-10-8-7-9-11-15/h7-11,16,18H,5,12-14H2,1-3H3. The van der Waals surface area contributed by atoms with E-state index < -0.39 is 0 Å². The van der Waals surface area contributed by atoms with Gasteiger partial charge in [0.2, 0.25) is 0 Å². The zero-order valence-corrected chi connectivity index (χ0v) is 12.2. The van der Waals surface area contributed by atoms with E-state index in [-0.39, 0.29) is 5.54 Å². The van der Waals surface area contributed by atoms with E-state index >= 15 is 0 Å². The number of benzene rings is 1. The van der Waals surface area contributed by atoms with Crippen LogP contribution in [0.4, 0.5) is 0 Å². The molecule has 2 nitrogen and oxygen atoms in total. The van der Waals surface area contributed by atoms with Gasteiger partial charge in [0.05, 0.1) is 12.1 Å². The molecule has 102 valence electrons. The van der Waals surface area contributed by atoms with E-state index in [1.54, 1.807) is 0 Å². The van der Waals surface area contributed by atoms with Crippen LogP contribution in [0.25, 0.3) is 0 Å². The molecule has 1 saturated heterocycles. The van der Waals surface area contributed by atoms with Gasteiger partial charge in [-0.25, -0.2) is 0 Å². The summed E-state index contributed by atoms with van der Waals surface area (Å²) < 4.78 is 0. The molecular formula is C17H24N2. The van der Waals surface area contributed by atoms with Crippen molar-refractivity contribution in [2.45, 2.75) is 38.8 Å². The highest BCUT2D eigenvalue weighted by Crippen LogP contribution is 2.26. The third kappa shape index (κ3) is 3.18. The van der Waals surface area contributed by atoms with E-state index in [0.29, 0.717) is 6.04 Å². The Balaban J connectivity index is 2.18. The summed E-state index contributed by atoms with van der Waals surface area (Å²) in [6.07, 6.45) is 1.17. The molecule has 1 aliphatic heterocycles. The van der Waals surface area contributed by atoms with Gasteiger partial charge in [0.15, 0.2) is 0 Å². The van der Waals surface area contributed by atoms with Gasteiger partial charge < -0.3 is 5.32 Å². The molecule has 2 unspecified atom stereocenters. The molecule has 0 aliphatic carbocycles. The molecule has 2 atom stereocenters. The molecule has 0 spiro atoms. The van der Waals surface area contributed by atoms with Gasteiger partial charge in [-0.2, -0.15) is 0 Å². The maximum atomic E-state index is 3.73. The van der Waals surface area contributed by atoms with E-state index in [1.165, 1.54) is 12.0 Å². The third-order valence-electron chi connectivity index (χ3n) is 4.10. The fourth-order valence-corrected chi connectivity index (χ4v) is 2.83. The summed E-state index contributed by atoms with van der Waals surface area (Å²) in [5.41, 5.74) is 1.39. The maximum Gasteiger partial charge on any atom is 0.0605 e. The summed E-state index contributed by atoms with van der Waals surface area (Å²) in [6.45, 7) is 9.39. The van der Waals surface area contributed by atoms with Crippen molar-refractivity contribution in [3.05, 3.63) is 35.9 Å². The molecule has 1 fully saturated rings. The molecule has 1 aromatic rings. The molecule has 1 heterocycles. The molecule has 19 heavy (non-hydrogen) atoms. The first-order valence-electron chi connectivity index (χ1n) is 7.14. The van der Waals surface area contributed by atoms with E-state index in [9.17, 15) is 0 Å². The zero-order chi connectivity index (χ0) is 13.7. The number of hydrogen-bond donors (Lipinski definition) is 1. The van der Waals surface area contributed by atoms with Gasteiger partial charge in [-0.05, 0) is 25.8 Å². The Labute approximate surface area is 117 Å². The quantitative estimate of drug-likeness (QED) is 0.836. The van der Waals surface area contributed by atoms with Crippen molar-refractivity contribution in [1.82, 2.24) is 10.2 Å². The largest absolute Gasteiger partial charge is 0.305 e. The molecule has 1 N–H and O–H groups in total. The van der Waals surface area contributed by atoms with Crippen molar-refractivity contribution < 1.29 is 0 Å². The van der Waals surface area contributed by atoms with Crippen LogP contribution >= 0.6 is 0 Å². The van der Waals surface area contributed by atoms with Crippen LogP contribution in [-0.2, 0) is 5.54 Å². The lowest BCUT2D eigenvalue weighted by atomic mass is 9.88. The van der Waals surface area contributed by atoms with Crippen molar-refractivity contribution in [1.29, 1.82) is 0 Å². The fourth-order valence-electron chi connectivity index (χ4n) is 2.83. The van der Waals surface area contributed by atoms with Crippen molar-refractivity contribution in [2.75, 3.05) is 19.6 Å². The topological polar surface area (TPSA) is 15.3 Å². The van der Waals surface area contributed by atoms with Crippen molar-refractivity contribution in [2.24, 2.45) is 0 Å². The van der Waals surface area contributed by atoms with Crippen LogP contribution in [-0.4, -0.2) is 30.6 Å². The summed E-state index contributed by atoms with van der Waals surface area (Å²) in [7, 11) is 0. The Morgan fingerprint density at radius 3 is 2.74 bits per heavy atom. The average Bonchev–Trinajstić information content (AvgIpc) is 2.46. The molecule has 1 aliphatic rings. The molecular weight excluding hydrogens is 232 g/mol. The SMILES string of the molecule is CC#CCN1CC(C)(c2ccccc2)NCC1CC. The molecule has 0 aromatic heterocycles. The molecule has 0 saturated carbocycles. The van der Waals surface area contributed by atoms with Gasteiger partial charge in [0.25, 0.3) is 0 Å². The summed E-state index contributed by atoms with van der Waals surface area (Å²) in [5.74, 6) is 6.23. The summed E-state index contributed by atoms with van der Waals surface area (Å²) in [4.78, 5) is 2.51. The summed E-state index contributed by atoms with van der Waals surface area (Å²) in [6, 6.07) is 11.3. The predicted octanol–water partition coefficient (Wildman–Crippen LogP) is 2.61. The summed E-state index contributed by atoms with van der Waals surface area (Å²) in [5, 5.41) is 3.73. The Bertz CT molecular complexity index is 457. The molecule has 2 rings (SSSR count). The first-order chi connectivity index (χ1) is 9.19. The van der Waals surface area contributed by atoms with Crippen LogP contribution in [0.2, 0.25) is 0 Å². The Morgan fingerprint density at radius 1 is 1.37 bits per heavy atom. The van der Waals surface area contributed by atoms with Crippen molar-refractivity contribution in [3.63, 3.8) is 0 Å². The van der Waals surface area contributed by atoms with Crippen LogP contribution < -0.4 is 5.32 Å². The molecule has 0 bridgehead atoms. The molecule has 0 radical (unpaired) electrons. The monoisotopic (exact) mass is 256 g/mol. The predicted molar refractivity (Wildman–Crippen MR) is 80.9 cm³/mol. The molecule has 1 aromatic carbocycles. The van der Waals surface area contributed by atoms with Crippen LogP contribution in [0.3, 0.4) is 0 Å². The van der Waals surface area contributed by atoms with E-state index in [1.807, 2.05) is 6.92 Å².